The summed E-state index contributed by atoms with van der Waals surface area (Å²) in [5.74, 6) is -1.14. The van der Waals surface area contributed by atoms with Crippen LogP contribution < -0.4 is 16.1 Å². The lowest BCUT2D eigenvalue weighted by molar-refractivity contribution is -0.149. The maximum Gasteiger partial charge on any atom is 0.324 e. The van der Waals surface area contributed by atoms with Gasteiger partial charge in [0.05, 0.1) is 11.1 Å². The van der Waals surface area contributed by atoms with E-state index in [-0.39, 0.29) is 17.8 Å². The van der Waals surface area contributed by atoms with Gasteiger partial charge in [0.1, 0.15) is 12.1 Å². The number of aromatic nitrogens is 1. The van der Waals surface area contributed by atoms with Gasteiger partial charge in [0.15, 0.2) is 0 Å². The summed E-state index contributed by atoms with van der Waals surface area (Å²) < 4.78 is 13.6. The topological polar surface area (TPSA) is 129 Å². The Hall–Kier alpha value is -3.79. The molecule has 36 heavy (non-hydrogen) atoms. The molecule has 0 radical (unpaired) electrons. The van der Waals surface area contributed by atoms with Crippen molar-refractivity contribution in [3.8, 4) is 0 Å². The summed E-state index contributed by atoms with van der Waals surface area (Å²) in [5, 5.41) is 5.62. The highest BCUT2D eigenvalue weighted by Gasteiger charge is 2.26. The summed E-state index contributed by atoms with van der Waals surface area (Å²) in [5.41, 5.74) is 6.30. The number of anilines is 1. The first-order chi connectivity index (χ1) is 17.2. The van der Waals surface area contributed by atoms with E-state index in [9.17, 15) is 23.6 Å². The van der Waals surface area contributed by atoms with Crippen LogP contribution in [0.2, 0.25) is 0 Å². The van der Waals surface area contributed by atoms with Crippen molar-refractivity contribution in [1.29, 1.82) is 0 Å². The van der Waals surface area contributed by atoms with E-state index >= 15 is 0 Å². The summed E-state index contributed by atoms with van der Waals surface area (Å²) in [7, 11) is 1.55. The van der Waals surface area contributed by atoms with Crippen LogP contribution in [-0.2, 0) is 19.2 Å². The number of amides is 2. The van der Waals surface area contributed by atoms with Gasteiger partial charge in [0.25, 0.3) is 11.8 Å². The Bertz CT molecular complexity index is 1140. The largest absolute Gasteiger partial charge is 0.371 e. The second-order valence-electron chi connectivity index (χ2n) is 8.17. The van der Waals surface area contributed by atoms with Crippen molar-refractivity contribution >= 4 is 41.4 Å². The van der Waals surface area contributed by atoms with Crippen LogP contribution in [0, 0.1) is 19.7 Å². The van der Waals surface area contributed by atoms with Crippen molar-refractivity contribution in [2.24, 2.45) is 0 Å². The first-order valence-corrected chi connectivity index (χ1v) is 11.8. The lowest BCUT2D eigenvalue weighted by atomic mass is 10.0. The van der Waals surface area contributed by atoms with Gasteiger partial charge in [-0.1, -0.05) is 13.3 Å². The molecule has 194 valence electrons. The van der Waals surface area contributed by atoms with E-state index < -0.39 is 5.82 Å². The van der Waals surface area contributed by atoms with Crippen LogP contribution >= 0.6 is 0 Å². The molecule has 0 unspecified atom stereocenters. The summed E-state index contributed by atoms with van der Waals surface area (Å²) in [4.78, 5) is 52.8. The molecule has 1 aliphatic rings. The third kappa shape index (κ3) is 7.61. The van der Waals surface area contributed by atoms with Crippen LogP contribution in [0.3, 0.4) is 0 Å². The summed E-state index contributed by atoms with van der Waals surface area (Å²) in [6, 6.07) is 4.15. The second kappa shape index (κ2) is 13.9. The van der Waals surface area contributed by atoms with Crippen LogP contribution in [0.25, 0.3) is 11.6 Å². The molecule has 1 aromatic carbocycles. The van der Waals surface area contributed by atoms with Gasteiger partial charge in [-0.05, 0) is 56.5 Å². The van der Waals surface area contributed by atoms with E-state index in [1.165, 1.54) is 18.2 Å². The molecular formula is C26H33FN4O5. The first-order valence-electron chi connectivity index (χ1n) is 11.8. The molecule has 0 spiro atoms. The highest BCUT2D eigenvalue weighted by Crippen LogP contribution is 2.34. The minimum absolute atomic E-state index is 0.182. The van der Waals surface area contributed by atoms with Crippen LogP contribution in [-0.4, -0.2) is 42.6 Å². The lowest BCUT2D eigenvalue weighted by Crippen LogP contribution is -2.25. The number of nitrogens with one attached hydrogen (secondary N) is 4. The summed E-state index contributed by atoms with van der Waals surface area (Å²) in [6.45, 7) is 5.89. The number of unbranched alkanes of at least 4 members (excludes halogenated alkanes) is 3. The van der Waals surface area contributed by atoms with E-state index in [1.807, 2.05) is 6.92 Å². The number of carbonyl (C=O) groups is 4. The monoisotopic (exact) mass is 500 g/mol. The molecule has 1 aromatic heterocycles. The molecule has 9 nitrogen and oxygen atoms in total. The highest BCUT2D eigenvalue weighted by atomic mass is 19.1. The zero-order valence-corrected chi connectivity index (χ0v) is 21.0. The number of halogens is 1. The van der Waals surface area contributed by atoms with Gasteiger partial charge in [0.2, 0.25) is 0 Å². The number of rotatable bonds is 10. The van der Waals surface area contributed by atoms with Crippen molar-refractivity contribution in [2.45, 2.75) is 52.9 Å². The van der Waals surface area contributed by atoms with Gasteiger partial charge in [-0.25, -0.2) is 4.39 Å². The van der Waals surface area contributed by atoms with E-state index in [0.29, 0.717) is 53.2 Å². The fourth-order valence-corrected chi connectivity index (χ4v) is 3.71. The normalized spacial score (nSPS) is 12.9. The van der Waals surface area contributed by atoms with E-state index in [1.54, 1.807) is 27.0 Å². The van der Waals surface area contributed by atoms with Crippen molar-refractivity contribution < 1.29 is 28.4 Å². The third-order valence-corrected chi connectivity index (χ3v) is 5.55. The predicted octanol–water partition coefficient (Wildman–Crippen LogP) is 3.83. The number of benzene rings is 1. The molecule has 0 aliphatic carbocycles. The van der Waals surface area contributed by atoms with Gasteiger partial charge in [-0.3, -0.25) is 14.4 Å². The van der Waals surface area contributed by atoms with Crippen LogP contribution in [0.5, 0.6) is 0 Å². The number of fused-ring (bicyclic) bond motifs is 1. The average molecular weight is 501 g/mol. The quantitative estimate of drug-likeness (QED) is 0.170. The molecule has 0 saturated carbocycles. The average Bonchev–Trinajstić information content (AvgIpc) is 3.31. The molecule has 4 N–H and O–H groups in total. The number of aromatic amines is 1. The predicted molar refractivity (Wildman–Crippen MR) is 135 cm³/mol. The molecule has 1 aliphatic heterocycles. The maximum atomic E-state index is 13.6. The SMILES string of the molecule is CCC(=O)ONC.Cc1[nH]c(/C=C2\C(=O)Nc3ccc(F)cc32)c(C)c1C(=O)NCCCCCC=O. The Morgan fingerprint density at radius 3 is 2.56 bits per heavy atom. The summed E-state index contributed by atoms with van der Waals surface area (Å²) in [6.07, 6.45) is 6.03. The third-order valence-electron chi connectivity index (χ3n) is 5.55. The van der Waals surface area contributed by atoms with Gasteiger partial charge in [0, 0.05) is 49.1 Å². The smallest absolute Gasteiger partial charge is 0.324 e. The Labute approximate surface area is 209 Å². The zero-order chi connectivity index (χ0) is 26.7. The molecule has 2 heterocycles. The molecule has 2 aromatic rings. The molecule has 3 rings (SSSR count). The number of hydrogen-bond donors (Lipinski definition) is 4. The Balaban J connectivity index is 0.000000572. The summed E-state index contributed by atoms with van der Waals surface area (Å²) >= 11 is 0. The fourth-order valence-electron chi connectivity index (χ4n) is 3.71. The van der Waals surface area contributed by atoms with Crippen LogP contribution in [0.1, 0.15) is 71.9 Å². The Morgan fingerprint density at radius 1 is 1.17 bits per heavy atom. The van der Waals surface area contributed by atoms with Crippen molar-refractivity contribution in [3.05, 3.63) is 52.1 Å². The minimum atomic E-state index is -0.418. The van der Waals surface area contributed by atoms with E-state index in [4.69, 9.17) is 0 Å². The molecule has 0 atom stereocenters. The molecular weight excluding hydrogens is 467 g/mol. The van der Waals surface area contributed by atoms with Crippen molar-refractivity contribution in [2.75, 3.05) is 18.9 Å². The van der Waals surface area contributed by atoms with Crippen molar-refractivity contribution in [1.82, 2.24) is 15.8 Å². The lowest BCUT2D eigenvalue weighted by Gasteiger charge is -2.06. The highest BCUT2D eigenvalue weighted by molar-refractivity contribution is 6.34. The Kier molecular flexibility index (Phi) is 11.0. The molecule has 0 saturated heterocycles. The number of hydrogen-bond acceptors (Lipinski definition) is 6. The number of H-pyrrole nitrogens is 1. The Morgan fingerprint density at radius 2 is 1.92 bits per heavy atom. The minimum Gasteiger partial charge on any atom is -0.371 e. The van der Waals surface area contributed by atoms with E-state index in [2.05, 4.69) is 25.9 Å². The molecule has 0 fully saturated rings. The van der Waals surface area contributed by atoms with Gasteiger partial charge in [-0.2, -0.15) is 5.48 Å². The number of aryl methyl sites for hydroxylation is 1. The zero-order valence-electron chi connectivity index (χ0n) is 21.0. The van der Waals surface area contributed by atoms with Crippen molar-refractivity contribution in [3.63, 3.8) is 0 Å². The number of hydroxylamine groups is 1. The first kappa shape index (κ1) is 28.4. The van der Waals surface area contributed by atoms with Crippen LogP contribution in [0.15, 0.2) is 18.2 Å². The number of aldehydes is 1. The number of carbonyl (C=O) groups excluding carboxylic acids is 4. The fraction of sp³-hybridized carbons (Fsp3) is 0.385. The van der Waals surface area contributed by atoms with E-state index in [0.717, 1.165) is 31.1 Å². The molecule has 0 bridgehead atoms. The van der Waals surface area contributed by atoms with Gasteiger partial charge in [-0.15, -0.1) is 0 Å². The maximum absolute atomic E-state index is 13.6. The second-order valence-corrected chi connectivity index (χ2v) is 8.17. The standard InChI is InChI=1S/C22H24FN3O3.C4H9NO2/c1-13-19(12-17-16-11-15(23)7-8-18(16)26-21(17)28)25-14(2)20(13)22(29)24-9-5-3-4-6-10-27;1-3-4(6)7-5-2/h7-8,10-12,25H,3-6,9H2,1-2H3,(H,24,29)(H,26,28);5H,3H2,1-2H3/b17-12-;. The molecule has 10 heteroatoms. The van der Waals surface area contributed by atoms with Crippen LogP contribution in [0.4, 0.5) is 10.1 Å². The van der Waals surface area contributed by atoms with Gasteiger partial charge >= 0.3 is 5.97 Å². The molecule has 2 amide bonds. The van der Waals surface area contributed by atoms with Gasteiger partial charge < -0.3 is 25.2 Å².